The van der Waals surface area contributed by atoms with E-state index >= 15 is 0 Å². The molecule has 0 aromatic heterocycles. The molecule has 1 aliphatic rings. The molecule has 0 radical (unpaired) electrons. The number of unbranched alkanes of at least 4 members (excludes halogenated alkanes) is 1. The van der Waals surface area contributed by atoms with Gasteiger partial charge in [0.1, 0.15) is 13.2 Å². The van der Waals surface area contributed by atoms with Crippen LogP contribution < -0.4 is 9.47 Å². The van der Waals surface area contributed by atoms with E-state index in [9.17, 15) is 4.79 Å². The third-order valence-electron chi connectivity index (χ3n) is 2.65. The summed E-state index contributed by atoms with van der Waals surface area (Å²) < 4.78 is 10.9. The lowest BCUT2D eigenvalue weighted by Gasteiger charge is -2.18. The Labute approximate surface area is 109 Å². The molecular formula is C13H15BrO3. The maximum atomic E-state index is 11.9. The Morgan fingerprint density at radius 1 is 1.18 bits per heavy atom. The van der Waals surface area contributed by atoms with Gasteiger partial charge in [0.05, 0.1) is 0 Å². The first-order valence-electron chi connectivity index (χ1n) is 5.80. The molecule has 0 atom stereocenters. The number of ketones is 1. The smallest absolute Gasteiger partial charge is 0.163 e. The fourth-order valence-electron chi connectivity index (χ4n) is 1.74. The predicted molar refractivity (Wildman–Crippen MR) is 69.4 cm³/mol. The van der Waals surface area contributed by atoms with Crippen LogP contribution in [-0.4, -0.2) is 24.3 Å². The zero-order valence-corrected chi connectivity index (χ0v) is 11.2. The second-order valence-electron chi connectivity index (χ2n) is 3.93. The van der Waals surface area contributed by atoms with Crippen LogP contribution in [0.3, 0.4) is 0 Å². The van der Waals surface area contributed by atoms with Crippen molar-refractivity contribution in [3.63, 3.8) is 0 Å². The van der Waals surface area contributed by atoms with E-state index in [1.807, 2.05) is 12.1 Å². The predicted octanol–water partition coefficient (Wildman–Crippen LogP) is 3.21. The van der Waals surface area contributed by atoms with Gasteiger partial charge in [-0.1, -0.05) is 15.9 Å². The number of carbonyl (C=O) groups excluding carboxylic acids is 1. The van der Waals surface area contributed by atoms with Gasteiger partial charge in [-0.05, 0) is 31.0 Å². The molecule has 1 aromatic carbocycles. The lowest BCUT2D eigenvalue weighted by Crippen LogP contribution is -2.15. The number of Topliss-reactive ketones (excluding diaryl/α,β-unsaturated/α-hetero) is 1. The van der Waals surface area contributed by atoms with Crippen molar-refractivity contribution < 1.29 is 14.3 Å². The summed E-state index contributed by atoms with van der Waals surface area (Å²) in [7, 11) is 0. The van der Waals surface area contributed by atoms with Crippen LogP contribution in [0, 0.1) is 0 Å². The quantitative estimate of drug-likeness (QED) is 0.476. The zero-order chi connectivity index (χ0) is 12.1. The Morgan fingerprint density at radius 3 is 2.71 bits per heavy atom. The molecule has 0 saturated carbocycles. The molecule has 92 valence electrons. The van der Waals surface area contributed by atoms with E-state index in [4.69, 9.17) is 9.47 Å². The van der Waals surface area contributed by atoms with E-state index in [0.29, 0.717) is 30.9 Å². The molecule has 2 rings (SSSR count). The number of fused-ring (bicyclic) bond motifs is 1. The molecule has 0 unspecified atom stereocenters. The average molecular weight is 299 g/mol. The van der Waals surface area contributed by atoms with Crippen molar-refractivity contribution in [1.29, 1.82) is 0 Å². The lowest BCUT2D eigenvalue weighted by atomic mass is 10.1. The van der Waals surface area contributed by atoms with E-state index in [1.54, 1.807) is 6.07 Å². The van der Waals surface area contributed by atoms with Crippen LogP contribution >= 0.6 is 15.9 Å². The Hall–Kier alpha value is -1.03. The number of rotatable bonds is 5. The molecular weight excluding hydrogens is 284 g/mol. The summed E-state index contributed by atoms with van der Waals surface area (Å²) in [5.41, 5.74) is 0.712. The zero-order valence-electron chi connectivity index (χ0n) is 9.58. The minimum absolute atomic E-state index is 0.169. The van der Waals surface area contributed by atoms with Gasteiger partial charge in [0.15, 0.2) is 17.3 Å². The largest absolute Gasteiger partial charge is 0.486 e. The summed E-state index contributed by atoms with van der Waals surface area (Å²) in [6.45, 7) is 1.12. The van der Waals surface area contributed by atoms with E-state index in [1.165, 1.54) is 0 Å². The number of alkyl halides is 1. The molecule has 0 aliphatic carbocycles. The maximum absolute atomic E-state index is 11.9. The topological polar surface area (TPSA) is 35.5 Å². The minimum Gasteiger partial charge on any atom is -0.486 e. The van der Waals surface area contributed by atoms with Crippen molar-refractivity contribution in [2.24, 2.45) is 0 Å². The van der Waals surface area contributed by atoms with Crippen molar-refractivity contribution in [1.82, 2.24) is 0 Å². The molecule has 0 saturated heterocycles. The second kappa shape index (κ2) is 6.05. The van der Waals surface area contributed by atoms with Crippen molar-refractivity contribution in [2.75, 3.05) is 18.5 Å². The Balaban J connectivity index is 2.03. The number of benzene rings is 1. The molecule has 0 spiro atoms. The number of hydrogen-bond donors (Lipinski definition) is 0. The Bertz CT molecular complexity index is 404. The third kappa shape index (κ3) is 3.22. The molecule has 1 aliphatic heterocycles. The standard InChI is InChI=1S/C13H15BrO3/c14-6-2-1-3-11(15)10-4-5-12-13(9-10)17-8-7-16-12/h4-5,9H,1-3,6-8H2. The average Bonchev–Trinajstić information content (AvgIpc) is 2.38. The van der Waals surface area contributed by atoms with Gasteiger partial charge >= 0.3 is 0 Å². The molecule has 3 nitrogen and oxygen atoms in total. The van der Waals surface area contributed by atoms with E-state index in [2.05, 4.69) is 15.9 Å². The van der Waals surface area contributed by atoms with Crippen LogP contribution in [-0.2, 0) is 0 Å². The summed E-state index contributed by atoms with van der Waals surface area (Å²) >= 11 is 3.36. The summed E-state index contributed by atoms with van der Waals surface area (Å²) in [4.78, 5) is 11.9. The first-order valence-corrected chi connectivity index (χ1v) is 6.92. The maximum Gasteiger partial charge on any atom is 0.163 e. The van der Waals surface area contributed by atoms with Crippen molar-refractivity contribution in [3.05, 3.63) is 23.8 Å². The van der Waals surface area contributed by atoms with Gasteiger partial charge in [-0.15, -0.1) is 0 Å². The molecule has 0 fully saturated rings. The van der Waals surface area contributed by atoms with Gasteiger partial charge in [0, 0.05) is 17.3 Å². The van der Waals surface area contributed by atoms with Crippen LogP contribution in [0.2, 0.25) is 0 Å². The van der Waals surface area contributed by atoms with Crippen molar-refractivity contribution in [2.45, 2.75) is 19.3 Å². The van der Waals surface area contributed by atoms with E-state index < -0.39 is 0 Å². The van der Waals surface area contributed by atoms with Gasteiger partial charge in [-0.2, -0.15) is 0 Å². The minimum atomic E-state index is 0.169. The van der Waals surface area contributed by atoms with Crippen LogP contribution in [0.5, 0.6) is 11.5 Å². The number of hydrogen-bond acceptors (Lipinski definition) is 3. The van der Waals surface area contributed by atoms with Crippen LogP contribution in [0.15, 0.2) is 18.2 Å². The highest BCUT2D eigenvalue weighted by Crippen LogP contribution is 2.31. The van der Waals surface area contributed by atoms with Gasteiger partial charge in [-0.25, -0.2) is 0 Å². The van der Waals surface area contributed by atoms with Crippen molar-refractivity contribution in [3.8, 4) is 11.5 Å². The van der Waals surface area contributed by atoms with Crippen molar-refractivity contribution >= 4 is 21.7 Å². The summed E-state index contributed by atoms with van der Waals surface area (Å²) in [6.07, 6.45) is 2.53. The molecule has 1 heterocycles. The van der Waals surface area contributed by atoms with Crippen LogP contribution in [0.25, 0.3) is 0 Å². The number of carbonyl (C=O) groups is 1. The lowest BCUT2D eigenvalue weighted by molar-refractivity contribution is 0.0978. The molecule has 1 aromatic rings. The second-order valence-corrected chi connectivity index (χ2v) is 4.72. The fraction of sp³-hybridized carbons (Fsp3) is 0.462. The monoisotopic (exact) mass is 298 g/mol. The van der Waals surface area contributed by atoms with Gasteiger partial charge in [0.2, 0.25) is 0 Å². The normalized spacial score (nSPS) is 13.5. The molecule has 0 N–H and O–H groups in total. The number of halogens is 1. The van der Waals surface area contributed by atoms with Gasteiger partial charge < -0.3 is 9.47 Å². The fourth-order valence-corrected chi connectivity index (χ4v) is 2.14. The molecule has 0 bridgehead atoms. The van der Waals surface area contributed by atoms with Crippen LogP contribution in [0.1, 0.15) is 29.6 Å². The highest BCUT2D eigenvalue weighted by atomic mass is 79.9. The third-order valence-corrected chi connectivity index (χ3v) is 3.21. The molecule has 17 heavy (non-hydrogen) atoms. The Morgan fingerprint density at radius 2 is 1.94 bits per heavy atom. The highest BCUT2D eigenvalue weighted by molar-refractivity contribution is 9.09. The van der Waals surface area contributed by atoms with E-state index in [0.717, 1.165) is 23.9 Å². The molecule has 0 amide bonds. The SMILES string of the molecule is O=C(CCCCBr)c1ccc2c(c1)OCCO2. The number of ether oxygens (including phenoxy) is 2. The first kappa shape index (κ1) is 12.4. The molecule has 4 heteroatoms. The van der Waals surface area contributed by atoms with Gasteiger partial charge in [-0.3, -0.25) is 4.79 Å². The summed E-state index contributed by atoms with van der Waals surface area (Å²) in [5, 5.41) is 0.946. The summed E-state index contributed by atoms with van der Waals surface area (Å²) in [5.74, 6) is 1.58. The van der Waals surface area contributed by atoms with Crippen LogP contribution in [0.4, 0.5) is 0 Å². The summed E-state index contributed by atoms with van der Waals surface area (Å²) in [6, 6.07) is 5.40. The Kier molecular flexibility index (Phi) is 4.42. The van der Waals surface area contributed by atoms with Gasteiger partial charge in [0.25, 0.3) is 0 Å². The first-order chi connectivity index (χ1) is 8.31. The van der Waals surface area contributed by atoms with E-state index in [-0.39, 0.29) is 5.78 Å². The highest BCUT2D eigenvalue weighted by Gasteiger charge is 2.14.